The second-order valence-corrected chi connectivity index (χ2v) is 6.37. The Morgan fingerprint density at radius 1 is 1.27 bits per heavy atom. The molecule has 0 aliphatic rings. The Bertz CT molecular complexity index is 894. The molecule has 3 rings (SSSR count). The average molecular weight is 315 g/mol. The van der Waals surface area contributed by atoms with Crippen LogP contribution in [0.15, 0.2) is 39.5 Å². The Hall–Kier alpha value is -2.14. The van der Waals surface area contributed by atoms with Crippen LogP contribution in [0.3, 0.4) is 0 Å². The number of carbonyl (C=O) groups is 1. The highest BCUT2D eigenvalue weighted by Gasteiger charge is 2.18. The summed E-state index contributed by atoms with van der Waals surface area (Å²) in [5.41, 5.74) is 0.167. The van der Waals surface area contributed by atoms with Crippen LogP contribution >= 0.6 is 11.3 Å². The highest BCUT2D eigenvalue weighted by atomic mass is 32.1. The molecule has 2 aromatic heterocycles. The van der Waals surface area contributed by atoms with Crippen molar-refractivity contribution in [3.63, 3.8) is 0 Å². The molecule has 0 aliphatic heterocycles. The highest BCUT2D eigenvalue weighted by Crippen LogP contribution is 2.30. The number of fused-ring (bicyclic) bond motifs is 3. The number of unbranched alkanes of at least 4 members (excludes halogenated alkanes) is 1. The zero-order chi connectivity index (χ0) is 15.7. The number of rotatable bonds is 4. The number of para-hydroxylation sites is 1. The first-order valence-corrected chi connectivity index (χ1v) is 8.14. The molecule has 5 heteroatoms. The van der Waals surface area contributed by atoms with Crippen LogP contribution < -0.4 is 5.63 Å². The molecule has 0 unspecified atom stereocenters. The predicted molar refractivity (Wildman–Crippen MR) is 89.7 cm³/mol. The third-order valence-corrected chi connectivity index (χ3v) is 4.85. The van der Waals surface area contributed by atoms with E-state index in [1.54, 1.807) is 24.1 Å². The van der Waals surface area contributed by atoms with Gasteiger partial charge in [0.1, 0.15) is 5.58 Å². The second kappa shape index (κ2) is 5.93. The maximum atomic E-state index is 12.5. The van der Waals surface area contributed by atoms with E-state index in [2.05, 4.69) is 6.92 Å². The molecule has 22 heavy (non-hydrogen) atoms. The molecule has 1 aromatic carbocycles. The van der Waals surface area contributed by atoms with Gasteiger partial charge in [0.05, 0.1) is 15.0 Å². The van der Waals surface area contributed by atoms with Crippen LogP contribution in [0.5, 0.6) is 0 Å². The molecule has 0 N–H and O–H groups in total. The molecule has 4 nitrogen and oxygen atoms in total. The van der Waals surface area contributed by atoms with Crippen molar-refractivity contribution in [3.05, 3.63) is 45.6 Å². The fourth-order valence-electron chi connectivity index (χ4n) is 2.43. The molecule has 3 aromatic rings. The minimum atomic E-state index is -0.389. The normalized spacial score (nSPS) is 11.2. The average Bonchev–Trinajstić information content (AvgIpc) is 2.98. The van der Waals surface area contributed by atoms with E-state index in [4.69, 9.17) is 4.42 Å². The molecule has 114 valence electrons. The van der Waals surface area contributed by atoms with Gasteiger partial charge in [0.2, 0.25) is 0 Å². The molecule has 1 amide bonds. The van der Waals surface area contributed by atoms with Crippen LogP contribution in [0.1, 0.15) is 29.4 Å². The first kappa shape index (κ1) is 14.8. The summed E-state index contributed by atoms with van der Waals surface area (Å²) in [5.74, 6) is -0.0434. The fraction of sp³-hybridized carbons (Fsp3) is 0.294. The highest BCUT2D eigenvalue weighted by molar-refractivity contribution is 7.21. The minimum Gasteiger partial charge on any atom is -0.422 e. The first-order valence-electron chi connectivity index (χ1n) is 7.32. The topological polar surface area (TPSA) is 50.5 Å². The van der Waals surface area contributed by atoms with Crippen LogP contribution in [0.2, 0.25) is 0 Å². The van der Waals surface area contributed by atoms with Crippen molar-refractivity contribution in [2.24, 2.45) is 0 Å². The maximum Gasteiger partial charge on any atom is 0.345 e. The van der Waals surface area contributed by atoms with Gasteiger partial charge in [-0.1, -0.05) is 25.5 Å². The molecule has 0 radical (unpaired) electrons. The summed E-state index contributed by atoms with van der Waals surface area (Å²) < 4.78 is 6.14. The van der Waals surface area contributed by atoms with Gasteiger partial charge in [-0.2, -0.15) is 0 Å². The van der Waals surface area contributed by atoms with Crippen LogP contribution in [-0.2, 0) is 0 Å². The fourth-order valence-corrected chi connectivity index (χ4v) is 3.60. The lowest BCUT2D eigenvalue weighted by Crippen LogP contribution is -2.26. The summed E-state index contributed by atoms with van der Waals surface area (Å²) in [6.45, 7) is 2.81. The molecular weight excluding hydrogens is 298 g/mol. The van der Waals surface area contributed by atoms with Crippen molar-refractivity contribution >= 4 is 38.3 Å². The summed E-state index contributed by atoms with van der Waals surface area (Å²) in [6.07, 6.45) is 2.01. The predicted octanol–water partition coefficient (Wildman–Crippen LogP) is 3.88. The summed E-state index contributed by atoms with van der Waals surface area (Å²) in [6, 6.07) is 9.06. The Labute approximate surface area is 132 Å². The van der Waals surface area contributed by atoms with Gasteiger partial charge in [-0.25, -0.2) is 4.79 Å². The number of carbonyl (C=O) groups excluding carboxylic acids is 1. The molecule has 2 heterocycles. The molecule has 0 spiro atoms. The molecule has 0 aliphatic carbocycles. The summed E-state index contributed by atoms with van der Waals surface area (Å²) in [4.78, 5) is 26.8. The zero-order valence-corrected chi connectivity index (χ0v) is 13.4. The minimum absolute atomic E-state index is 0.0434. The van der Waals surface area contributed by atoms with E-state index in [1.807, 2.05) is 18.2 Å². The van der Waals surface area contributed by atoms with Gasteiger partial charge in [-0.15, -0.1) is 11.3 Å². The maximum absolute atomic E-state index is 12.5. The standard InChI is InChI=1S/C17H17NO3S/c1-3-4-9-18(2)16(19)14-10-12-15(22-14)11-7-5-6-8-13(11)21-17(12)20/h5-8,10H,3-4,9H2,1-2H3. The van der Waals surface area contributed by atoms with Gasteiger partial charge in [-0.05, 0) is 24.6 Å². The van der Waals surface area contributed by atoms with Crippen LogP contribution in [0.25, 0.3) is 21.1 Å². The molecule has 0 atom stereocenters. The number of hydrogen-bond acceptors (Lipinski definition) is 4. The van der Waals surface area contributed by atoms with Crippen molar-refractivity contribution < 1.29 is 9.21 Å². The quantitative estimate of drug-likeness (QED) is 0.687. The Morgan fingerprint density at radius 2 is 2.05 bits per heavy atom. The SMILES string of the molecule is CCCCN(C)C(=O)c1cc2c(=O)oc3ccccc3c2s1. The van der Waals surface area contributed by atoms with E-state index in [9.17, 15) is 9.59 Å². The van der Waals surface area contributed by atoms with Crippen LogP contribution in [0, 0.1) is 0 Å². The smallest absolute Gasteiger partial charge is 0.345 e. The first-order chi connectivity index (χ1) is 10.6. The number of amides is 1. The van der Waals surface area contributed by atoms with Crippen LogP contribution in [-0.4, -0.2) is 24.4 Å². The third-order valence-electron chi connectivity index (χ3n) is 3.69. The van der Waals surface area contributed by atoms with Gasteiger partial charge in [0, 0.05) is 19.0 Å². The number of nitrogens with zero attached hydrogens (tertiary/aromatic N) is 1. The lowest BCUT2D eigenvalue weighted by Gasteiger charge is -2.15. The summed E-state index contributed by atoms with van der Waals surface area (Å²) in [7, 11) is 1.79. The van der Waals surface area contributed by atoms with Crippen molar-refractivity contribution in [2.45, 2.75) is 19.8 Å². The molecule has 0 saturated heterocycles. The van der Waals surface area contributed by atoms with Gasteiger partial charge in [0.15, 0.2) is 0 Å². The van der Waals surface area contributed by atoms with Crippen molar-refractivity contribution in [3.8, 4) is 0 Å². The van der Waals surface area contributed by atoms with E-state index in [0.717, 1.165) is 29.5 Å². The second-order valence-electron chi connectivity index (χ2n) is 5.32. The zero-order valence-electron chi connectivity index (χ0n) is 12.6. The van der Waals surface area contributed by atoms with Gasteiger partial charge in [0.25, 0.3) is 5.91 Å². The van der Waals surface area contributed by atoms with E-state index < -0.39 is 0 Å². The van der Waals surface area contributed by atoms with Crippen LogP contribution in [0.4, 0.5) is 0 Å². The Balaban J connectivity index is 2.10. The molecule has 0 bridgehead atoms. The monoisotopic (exact) mass is 315 g/mol. The van der Waals surface area contributed by atoms with Crippen molar-refractivity contribution in [2.75, 3.05) is 13.6 Å². The number of thiophene rings is 1. The van der Waals surface area contributed by atoms with E-state index in [-0.39, 0.29) is 11.5 Å². The van der Waals surface area contributed by atoms with Gasteiger partial charge >= 0.3 is 5.63 Å². The lowest BCUT2D eigenvalue weighted by molar-refractivity contribution is 0.0798. The largest absolute Gasteiger partial charge is 0.422 e. The third kappa shape index (κ3) is 2.52. The number of benzene rings is 1. The van der Waals surface area contributed by atoms with E-state index >= 15 is 0 Å². The lowest BCUT2D eigenvalue weighted by atomic mass is 10.2. The number of hydrogen-bond donors (Lipinski definition) is 0. The van der Waals surface area contributed by atoms with Gasteiger partial charge < -0.3 is 9.32 Å². The molecule has 0 fully saturated rings. The summed E-state index contributed by atoms with van der Waals surface area (Å²) >= 11 is 1.36. The van der Waals surface area contributed by atoms with Gasteiger partial charge in [-0.3, -0.25) is 4.79 Å². The van der Waals surface area contributed by atoms with E-state index in [0.29, 0.717) is 15.8 Å². The molecule has 0 saturated carbocycles. The van der Waals surface area contributed by atoms with E-state index in [1.165, 1.54) is 11.3 Å². The Kier molecular flexibility index (Phi) is 3.98. The molecular formula is C17H17NO3S. The summed E-state index contributed by atoms with van der Waals surface area (Å²) in [5, 5.41) is 1.35. The Morgan fingerprint density at radius 3 is 2.82 bits per heavy atom. The van der Waals surface area contributed by atoms with Crippen molar-refractivity contribution in [1.82, 2.24) is 4.90 Å². The van der Waals surface area contributed by atoms with Crippen molar-refractivity contribution in [1.29, 1.82) is 0 Å².